The molecule has 0 aliphatic rings. The molecular weight excluding hydrogens is 431 g/mol. The highest BCUT2D eigenvalue weighted by atomic mass is 35.5. The predicted molar refractivity (Wildman–Crippen MR) is 114 cm³/mol. The number of esters is 1. The van der Waals surface area contributed by atoms with Crippen molar-refractivity contribution in [1.29, 1.82) is 5.26 Å². The highest BCUT2D eigenvalue weighted by molar-refractivity contribution is 6.32. The van der Waals surface area contributed by atoms with Crippen molar-refractivity contribution in [3.63, 3.8) is 0 Å². The Morgan fingerprint density at radius 2 is 1.90 bits per heavy atom. The molecule has 0 atom stereocenters. The van der Waals surface area contributed by atoms with Crippen molar-refractivity contribution in [3.05, 3.63) is 57.6 Å². The van der Waals surface area contributed by atoms with Gasteiger partial charge in [0.2, 0.25) is 0 Å². The Labute approximate surface area is 183 Å². The standard InChI is InChI=1S/C21H18Cl2N2O5/c1-3-29-19(26)12-30-20-17(23)9-13(10-18(20)28-2)8-14(11-24)21(27)25-16-6-4-15(22)5-7-16/h4-10H,3,12H2,1-2H3,(H,25,27)/b14-8-. The first kappa shape index (κ1) is 23.1. The minimum absolute atomic E-state index is 0.139. The van der Waals surface area contributed by atoms with Gasteiger partial charge in [-0.3, -0.25) is 4.79 Å². The molecule has 2 aromatic carbocycles. The molecule has 0 aliphatic carbocycles. The average molecular weight is 449 g/mol. The number of halogens is 2. The molecule has 30 heavy (non-hydrogen) atoms. The molecule has 0 heterocycles. The van der Waals surface area contributed by atoms with Crippen LogP contribution in [0.15, 0.2) is 42.0 Å². The molecule has 0 radical (unpaired) electrons. The van der Waals surface area contributed by atoms with Crippen molar-refractivity contribution in [3.8, 4) is 17.6 Å². The molecule has 2 aromatic rings. The highest BCUT2D eigenvalue weighted by Gasteiger charge is 2.16. The van der Waals surface area contributed by atoms with E-state index in [-0.39, 0.29) is 35.3 Å². The van der Waals surface area contributed by atoms with Gasteiger partial charge in [0, 0.05) is 10.7 Å². The zero-order valence-corrected chi connectivity index (χ0v) is 17.7. The average Bonchev–Trinajstić information content (AvgIpc) is 2.72. The van der Waals surface area contributed by atoms with Crippen LogP contribution in [-0.2, 0) is 14.3 Å². The quantitative estimate of drug-likeness (QED) is 0.362. The summed E-state index contributed by atoms with van der Waals surface area (Å²) in [6, 6.07) is 11.3. The Bertz CT molecular complexity index is 998. The lowest BCUT2D eigenvalue weighted by Gasteiger charge is -2.13. The molecule has 0 bridgehead atoms. The van der Waals surface area contributed by atoms with Crippen LogP contribution >= 0.6 is 23.2 Å². The molecule has 7 nitrogen and oxygen atoms in total. The molecule has 156 valence electrons. The van der Waals surface area contributed by atoms with Gasteiger partial charge in [0.05, 0.1) is 18.7 Å². The van der Waals surface area contributed by atoms with Gasteiger partial charge < -0.3 is 19.5 Å². The van der Waals surface area contributed by atoms with Crippen LogP contribution in [0, 0.1) is 11.3 Å². The van der Waals surface area contributed by atoms with Crippen molar-refractivity contribution >= 4 is 46.8 Å². The molecule has 0 aromatic heterocycles. The number of nitrogens with one attached hydrogen (secondary N) is 1. The number of nitrogens with zero attached hydrogens (tertiary/aromatic N) is 1. The van der Waals surface area contributed by atoms with E-state index in [0.29, 0.717) is 16.3 Å². The molecule has 0 spiro atoms. The fourth-order valence-corrected chi connectivity index (χ4v) is 2.74. The largest absolute Gasteiger partial charge is 0.493 e. The van der Waals surface area contributed by atoms with Crippen molar-refractivity contribution in [1.82, 2.24) is 0 Å². The van der Waals surface area contributed by atoms with Crippen LogP contribution in [0.4, 0.5) is 5.69 Å². The molecule has 1 N–H and O–H groups in total. The number of carbonyl (C=O) groups excluding carboxylic acids is 2. The first-order valence-corrected chi connectivity index (χ1v) is 9.48. The van der Waals surface area contributed by atoms with Crippen molar-refractivity contribution in [2.45, 2.75) is 6.92 Å². The zero-order chi connectivity index (χ0) is 22.1. The number of carbonyl (C=O) groups is 2. The van der Waals surface area contributed by atoms with Gasteiger partial charge in [0.1, 0.15) is 11.6 Å². The van der Waals surface area contributed by atoms with E-state index in [0.717, 1.165) is 0 Å². The second kappa shape index (κ2) is 11.1. The summed E-state index contributed by atoms with van der Waals surface area (Å²) >= 11 is 12.1. The number of hydrogen-bond donors (Lipinski definition) is 1. The minimum Gasteiger partial charge on any atom is -0.493 e. The molecule has 0 unspecified atom stereocenters. The summed E-state index contributed by atoms with van der Waals surface area (Å²) in [5.41, 5.74) is 0.773. The predicted octanol–water partition coefficient (Wildman–Crippen LogP) is 4.49. The second-order valence-electron chi connectivity index (χ2n) is 5.76. The van der Waals surface area contributed by atoms with E-state index in [2.05, 4.69) is 5.32 Å². The normalized spacial score (nSPS) is 10.7. The Morgan fingerprint density at radius 3 is 2.50 bits per heavy atom. The van der Waals surface area contributed by atoms with Crippen LogP contribution in [0.5, 0.6) is 11.5 Å². The van der Waals surface area contributed by atoms with Crippen LogP contribution in [0.25, 0.3) is 6.08 Å². The lowest BCUT2D eigenvalue weighted by Crippen LogP contribution is -2.15. The van der Waals surface area contributed by atoms with Gasteiger partial charge >= 0.3 is 5.97 Å². The SMILES string of the molecule is CCOC(=O)COc1c(Cl)cc(/C=C(/C#N)C(=O)Nc2ccc(Cl)cc2)cc1OC. The molecule has 1 amide bonds. The van der Waals surface area contributed by atoms with Crippen LogP contribution in [0.1, 0.15) is 12.5 Å². The first-order chi connectivity index (χ1) is 14.4. The molecule has 2 rings (SSSR count). The third-order valence-electron chi connectivity index (χ3n) is 3.67. The van der Waals surface area contributed by atoms with Crippen molar-refractivity contribution in [2.24, 2.45) is 0 Å². The maximum atomic E-state index is 12.4. The van der Waals surface area contributed by atoms with Gasteiger partial charge in [-0.2, -0.15) is 5.26 Å². The number of amides is 1. The Balaban J connectivity index is 2.24. The number of benzene rings is 2. The maximum absolute atomic E-state index is 12.4. The van der Waals surface area contributed by atoms with Crippen LogP contribution in [0.3, 0.4) is 0 Å². The van der Waals surface area contributed by atoms with E-state index >= 15 is 0 Å². The van der Waals surface area contributed by atoms with Crippen molar-refractivity contribution < 1.29 is 23.8 Å². The topological polar surface area (TPSA) is 97.7 Å². The van der Waals surface area contributed by atoms with Gasteiger partial charge in [-0.05, 0) is 55.0 Å². The number of methoxy groups -OCH3 is 1. The van der Waals surface area contributed by atoms with E-state index in [4.69, 9.17) is 37.4 Å². The van der Waals surface area contributed by atoms with Gasteiger partial charge in [-0.15, -0.1) is 0 Å². The molecule has 0 fully saturated rings. The Kier molecular flexibility index (Phi) is 8.54. The van der Waals surface area contributed by atoms with Crippen molar-refractivity contribution in [2.75, 3.05) is 25.6 Å². The molecule has 0 saturated carbocycles. The molecule has 0 saturated heterocycles. The first-order valence-electron chi connectivity index (χ1n) is 8.72. The van der Waals surface area contributed by atoms with Crippen LogP contribution in [0.2, 0.25) is 10.0 Å². The number of nitriles is 1. The number of hydrogen-bond acceptors (Lipinski definition) is 6. The number of rotatable bonds is 8. The van der Waals surface area contributed by atoms with Gasteiger partial charge in [-0.25, -0.2) is 4.79 Å². The second-order valence-corrected chi connectivity index (χ2v) is 6.60. The fraction of sp³-hybridized carbons (Fsp3) is 0.190. The summed E-state index contributed by atoms with van der Waals surface area (Å²) in [5, 5.41) is 12.7. The van der Waals surface area contributed by atoms with Gasteiger partial charge in [-0.1, -0.05) is 23.2 Å². The van der Waals surface area contributed by atoms with E-state index in [1.165, 1.54) is 25.3 Å². The summed E-state index contributed by atoms with van der Waals surface area (Å²) in [4.78, 5) is 23.9. The number of ether oxygens (including phenoxy) is 3. The maximum Gasteiger partial charge on any atom is 0.344 e. The summed E-state index contributed by atoms with van der Waals surface area (Å²) in [5.74, 6) is -0.773. The van der Waals surface area contributed by atoms with Crippen LogP contribution < -0.4 is 14.8 Å². The molecule has 0 aliphatic heterocycles. The Morgan fingerprint density at radius 1 is 1.20 bits per heavy atom. The van der Waals surface area contributed by atoms with Gasteiger partial charge in [0.25, 0.3) is 5.91 Å². The van der Waals surface area contributed by atoms with Crippen LogP contribution in [-0.4, -0.2) is 32.2 Å². The minimum atomic E-state index is -0.599. The number of anilines is 1. The third-order valence-corrected chi connectivity index (χ3v) is 4.20. The lowest BCUT2D eigenvalue weighted by molar-refractivity contribution is -0.145. The molecule has 9 heteroatoms. The summed E-state index contributed by atoms with van der Waals surface area (Å²) in [7, 11) is 1.40. The van der Waals surface area contributed by atoms with E-state index in [9.17, 15) is 14.9 Å². The third kappa shape index (κ3) is 6.41. The van der Waals surface area contributed by atoms with E-state index in [1.54, 1.807) is 31.2 Å². The van der Waals surface area contributed by atoms with Gasteiger partial charge in [0.15, 0.2) is 18.1 Å². The summed E-state index contributed by atoms with van der Waals surface area (Å²) in [6.45, 7) is 1.57. The lowest BCUT2D eigenvalue weighted by atomic mass is 10.1. The van der Waals surface area contributed by atoms with E-state index < -0.39 is 11.9 Å². The van der Waals surface area contributed by atoms with E-state index in [1.807, 2.05) is 6.07 Å². The smallest absolute Gasteiger partial charge is 0.344 e. The Hall–Kier alpha value is -3.21. The summed E-state index contributed by atoms with van der Waals surface area (Å²) in [6.07, 6.45) is 1.36. The monoisotopic (exact) mass is 448 g/mol. The highest BCUT2D eigenvalue weighted by Crippen LogP contribution is 2.37. The zero-order valence-electron chi connectivity index (χ0n) is 16.2. The summed E-state index contributed by atoms with van der Waals surface area (Å²) < 4.78 is 15.4. The fourth-order valence-electron chi connectivity index (χ4n) is 2.34. The molecular formula is C21H18Cl2N2O5.